The van der Waals surface area contributed by atoms with Gasteiger partial charge in [-0.25, -0.2) is 4.39 Å². The maximum atomic E-state index is 13.1. The molecular formula is C25H39FO5S. The van der Waals surface area contributed by atoms with Gasteiger partial charge < -0.3 is 20.4 Å². The van der Waals surface area contributed by atoms with E-state index in [1.165, 1.54) is 24.3 Å². The number of hydrogen-bond acceptors (Lipinski definition) is 5. The quantitative estimate of drug-likeness (QED) is 0.277. The van der Waals surface area contributed by atoms with Crippen molar-refractivity contribution in [2.75, 3.05) is 5.75 Å². The lowest BCUT2D eigenvalue weighted by atomic mass is 9.91. The maximum absolute atomic E-state index is 13.1. The third kappa shape index (κ3) is 8.65. The van der Waals surface area contributed by atoms with Gasteiger partial charge in [-0.3, -0.25) is 4.79 Å². The van der Waals surface area contributed by atoms with Crippen molar-refractivity contribution in [1.29, 1.82) is 0 Å². The molecule has 4 unspecified atom stereocenters. The molecule has 2 rings (SSSR count). The number of thioether (sulfide) groups is 1. The first kappa shape index (κ1) is 27.1. The minimum absolute atomic E-state index is 0.00906. The average Bonchev–Trinajstić information content (AvgIpc) is 3.02. The molecule has 1 aromatic rings. The molecule has 0 bridgehead atoms. The van der Waals surface area contributed by atoms with E-state index in [4.69, 9.17) is 0 Å². The van der Waals surface area contributed by atoms with E-state index in [2.05, 4.69) is 6.92 Å². The first-order valence-electron chi connectivity index (χ1n) is 12.0. The largest absolute Gasteiger partial charge is 0.481 e. The summed E-state index contributed by atoms with van der Waals surface area (Å²) in [5.74, 6) is -1.36. The zero-order valence-electron chi connectivity index (χ0n) is 19.0. The van der Waals surface area contributed by atoms with Crippen LogP contribution in [0.2, 0.25) is 0 Å². The molecule has 0 saturated heterocycles. The fourth-order valence-electron chi connectivity index (χ4n) is 4.62. The fourth-order valence-corrected chi connectivity index (χ4v) is 6.13. The SMILES string of the molecule is CCCCCC(O)CS[C@H]1C(O)CC(O)[C@@H]1CCCCCC(C(=O)O)c1ccc(F)cc1. The Morgan fingerprint density at radius 2 is 1.75 bits per heavy atom. The van der Waals surface area contributed by atoms with E-state index >= 15 is 0 Å². The van der Waals surface area contributed by atoms with Gasteiger partial charge in [0.1, 0.15) is 5.82 Å². The van der Waals surface area contributed by atoms with E-state index in [0.717, 1.165) is 51.4 Å². The lowest BCUT2D eigenvalue weighted by molar-refractivity contribution is -0.139. The van der Waals surface area contributed by atoms with Crippen LogP contribution in [0.1, 0.15) is 82.6 Å². The molecule has 1 fully saturated rings. The highest BCUT2D eigenvalue weighted by Gasteiger charge is 2.41. The molecule has 1 aliphatic carbocycles. The highest BCUT2D eigenvalue weighted by Crippen LogP contribution is 2.39. The Morgan fingerprint density at radius 1 is 1.06 bits per heavy atom. The summed E-state index contributed by atoms with van der Waals surface area (Å²) < 4.78 is 13.1. The van der Waals surface area contributed by atoms with Crippen LogP contribution in [0.3, 0.4) is 0 Å². The van der Waals surface area contributed by atoms with Gasteiger partial charge in [-0.05, 0) is 42.9 Å². The Kier molecular flexibility index (Phi) is 12.0. The first-order valence-corrected chi connectivity index (χ1v) is 13.0. The van der Waals surface area contributed by atoms with E-state index in [1.807, 2.05) is 0 Å². The van der Waals surface area contributed by atoms with Gasteiger partial charge in [0, 0.05) is 17.4 Å². The van der Waals surface area contributed by atoms with Crippen LogP contribution in [0.15, 0.2) is 24.3 Å². The number of rotatable bonds is 15. The lowest BCUT2D eigenvalue weighted by Crippen LogP contribution is -2.27. The van der Waals surface area contributed by atoms with E-state index in [1.54, 1.807) is 11.8 Å². The van der Waals surface area contributed by atoms with Crippen molar-refractivity contribution in [2.45, 2.75) is 101 Å². The van der Waals surface area contributed by atoms with Crippen LogP contribution in [-0.2, 0) is 4.79 Å². The summed E-state index contributed by atoms with van der Waals surface area (Å²) in [5, 5.41) is 40.4. The van der Waals surface area contributed by atoms with E-state index in [-0.39, 0.29) is 23.1 Å². The van der Waals surface area contributed by atoms with Gasteiger partial charge in [0.05, 0.1) is 24.2 Å². The predicted molar refractivity (Wildman–Crippen MR) is 126 cm³/mol. The number of halogens is 1. The molecule has 5 nitrogen and oxygen atoms in total. The molecule has 182 valence electrons. The molecule has 0 heterocycles. The Bertz CT molecular complexity index is 671. The monoisotopic (exact) mass is 470 g/mol. The zero-order chi connectivity index (χ0) is 23.5. The van der Waals surface area contributed by atoms with Crippen molar-refractivity contribution in [3.05, 3.63) is 35.6 Å². The number of aliphatic carboxylic acids is 1. The highest BCUT2D eigenvalue weighted by atomic mass is 32.2. The summed E-state index contributed by atoms with van der Waals surface area (Å²) >= 11 is 1.57. The van der Waals surface area contributed by atoms with Gasteiger partial charge >= 0.3 is 5.97 Å². The number of aliphatic hydroxyl groups excluding tert-OH is 3. The van der Waals surface area contributed by atoms with E-state index < -0.39 is 24.1 Å². The Labute approximate surface area is 195 Å². The first-order chi connectivity index (χ1) is 15.3. The lowest BCUT2D eigenvalue weighted by Gasteiger charge is -2.24. The summed E-state index contributed by atoms with van der Waals surface area (Å²) in [6.45, 7) is 2.13. The average molecular weight is 471 g/mol. The van der Waals surface area contributed by atoms with E-state index in [0.29, 0.717) is 24.2 Å². The summed E-state index contributed by atoms with van der Waals surface area (Å²) in [5.41, 5.74) is 0.613. The number of hydrogen-bond donors (Lipinski definition) is 4. The van der Waals surface area contributed by atoms with Gasteiger partial charge in [0.15, 0.2) is 0 Å². The van der Waals surface area contributed by atoms with Gasteiger partial charge in [0.2, 0.25) is 0 Å². The Balaban J connectivity index is 1.75. The van der Waals surface area contributed by atoms with Crippen molar-refractivity contribution >= 4 is 17.7 Å². The predicted octanol–water partition coefficient (Wildman–Crippen LogP) is 4.73. The Morgan fingerprint density at radius 3 is 2.41 bits per heavy atom. The Hall–Kier alpha value is -1.15. The van der Waals surface area contributed by atoms with Gasteiger partial charge in [-0.1, -0.05) is 57.6 Å². The van der Waals surface area contributed by atoms with Crippen molar-refractivity contribution in [3.63, 3.8) is 0 Å². The highest BCUT2D eigenvalue weighted by molar-refractivity contribution is 8.00. The number of benzene rings is 1. The van der Waals surface area contributed by atoms with Crippen LogP contribution in [0, 0.1) is 11.7 Å². The van der Waals surface area contributed by atoms with Crippen LogP contribution in [-0.4, -0.2) is 55.7 Å². The standard InChI is InChI=1S/C25H39FO5S/c1-2-3-5-8-19(27)16-32-24-21(22(28)15-23(24)29)10-7-4-6-9-20(25(30)31)17-11-13-18(26)14-12-17/h11-14,19-24,27-29H,2-10,15-16H2,1H3,(H,30,31)/t19?,20?,21-,22?,23?,24+/m0/s1. The van der Waals surface area contributed by atoms with Crippen molar-refractivity contribution in [3.8, 4) is 0 Å². The minimum Gasteiger partial charge on any atom is -0.481 e. The van der Waals surface area contributed by atoms with Gasteiger partial charge in [0.25, 0.3) is 0 Å². The number of carboxylic acid groups (broad SMARTS) is 1. The molecule has 1 aromatic carbocycles. The second kappa shape index (κ2) is 14.2. The molecule has 0 spiro atoms. The fraction of sp³-hybridized carbons (Fsp3) is 0.720. The number of unbranched alkanes of at least 4 members (excludes halogenated alkanes) is 4. The van der Waals surface area contributed by atoms with Gasteiger partial charge in [-0.15, -0.1) is 0 Å². The summed E-state index contributed by atoms with van der Waals surface area (Å²) in [6.07, 6.45) is 6.58. The molecule has 0 radical (unpaired) electrons. The number of carboxylic acids is 1. The molecule has 32 heavy (non-hydrogen) atoms. The van der Waals surface area contributed by atoms with E-state index in [9.17, 15) is 29.6 Å². The maximum Gasteiger partial charge on any atom is 0.310 e. The topological polar surface area (TPSA) is 98.0 Å². The minimum atomic E-state index is -0.903. The molecule has 4 N–H and O–H groups in total. The molecule has 0 aliphatic heterocycles. The van der Waals surface area contributed by atoms with Crippen molar-refractivity contribution in [1.82, 2.24) is 0 Å². The summed E-state index contributed by atoms with van der Waals surface area (Å²) in [4.78, 5) is 11.6. The molecule has 1 saturated carbocycles. The number of aliphatic hydroxyl groups is 3. The zero-order valence-corrected chi connectivity index (χ0v) is 19.9. The summed E-state index contributed by atoms with van der Waals surface area (Å²) in [7, 11) is 0. The third-order valence-corrected chi connectivity index (χ3v) is 8.13. The van der Waals surface area contributed by atoms with Crippen LogP contribution >= 0.6 is 11.8 Å². The molecule has 7 heteroatoms. The smallest absolute Gasteiger partial charge is 0.310 e. The molecule has 1 aliphatic rings. The second-order valence-electron chi connectivity index (χ2n) is 9.06. The number of carbonyl (C=O) groups is 1. The van der Waals surface area contributed by atoms with Crippen LogP contribution in [0.5, 0.6) is 0 Å². The molecule has 0 amide bonds. The van der Waals surface area contributed by atoms with Crippen LogP contribution in [0.4, 0.5) is 4.39 Å². The van der Waals surface area contributed by atoms with Gasteiger partial charge in [-0.2, -0.15) is 11.8 Å². The van der Waals surface area contributed by atoms with Crippen molar-refractivity contribution in [2.24, 2.45) is 5.92 Å². The van der Waals surface area contributed by atoms with Crippen LogP contribution in [0.25, 0.3) is 0 Å². The second-order valence-corrected chi connectivity index (χ2v) is 10.3. The summed E-state index contributed by atoms with van der Waals surface area (Å²) in [6, 6.07) is 5.64. The molecule has 6 atom stereocenters. The molecule has 0 aromatic heterocycles. The van der Waals surface area contributed by atoms with Crippen molar-refractivity contribution < 1.29 is 29.6 Å². The molecular weight excluding hydrogens is 431 g/mol. The third-order valence-electron chi connectivity index (χ3n) is 6.50. The van der Waals surface area contributed by atoms with Crippen LogP contribution < -0.4 is 0 Å². The normalized spacial score (nSPS) is 25.0.